The van der Waals surface area contributed by atoms with Gasteiger partial charge in [0.2, 0.25) is 0 Å². The van der Waals surface area contributed by atoms with Gasteiger partial charge in [-0.2, -0.15) is 5.10 Å². The highest BCUT2D eigenvalue weighted by atomic mass is 35.5. The van der Waals surface area contributed by atoms with Crippen molar-refractivity contribution < 1.29 is 9.84 Å². The molecule has 1 heterocycles. The molecule has 16 heavy (non-hydrogen) atoms. The van der Waals surface area contributed by atoms with E-state index in [2.05, 4.69) is 5.10 Å². The first-order chi connectivity index (χ1) is 7.69. The molecule has 2 rings (SSSR count). The van der Waals surface area contributed by atoms with Gasteiger partial charge in [0.1, 0.15) is 5.75 Å². The summed E-state index contributed by atoms with van der Waals surface area (Å²) in [5.74, 6) is 1.21. The van der Waals surface area contributed by atoms with Gasteiger partial charge in [0.25, 0.3) is 0 Å². The molecular formula is C11H11ClN2O2. The summed E-state index contributed by atoms with van der Waals surface area (Å²) < 4.78 is 7.22. The molecule has 0 amide bonds. The van der Waals surface area contributed by atoms with Gasteiger partial charge in [-0.05, 0) is 18.2 Å². The average Bonchev–Trinajstić information content (AvgIpc) is 2.67. The fraction of sp³-hybridized carbons (Fsp3) is 0.182. The van der Waals surface area contributed by atoms with Crippen molar-refractivity contribution in [2.45, 2.75) is 6.61 Å². The Hall–Kier alpha value is -1.52. The van der Waals surface area contributed by atoms with Crippen molar-refractivity contribution in [1.29, 1.82) is 0 Å². The number of rotatable bonds is 3. The van der Waals surface area contributed by atoms with E-state index in [1.807, 2.05) is 7.05 Å². The highest BCUT2D eigenvalue weighted by Crippen LogP contribution is 2.27. The van der Waals surface area contributed by atoms with Gasteiger partial charge in [0.15, 0.2) is 5.75 Å². The van der Waals surface area contributed by atoms with E-state index in [1.165, 1.54) is 0 Å². The second-order valence-corrected chi connectivity index (χ2v) is 3.80. The van der Waals surface area contributed by atoms with Gasteiger partial charge in [0, 0.05) is 17.6 Å². The minimum Gasteiger partial charge on any atom is -0.454 e. The van der Waals surface area contributed by atoms with Crippen molar-refractivity contribution in [1.82, 2.24) is 9.78 Å². The Labute approximate surface area is 98.0 Å². The molecule has 0 saturated carbocycles. The number of aliphatic hydroxyl groups is 1. The maximum atomic E-state index is 9.17. The predicted octanol–water partition coefficient (Wildman–Crippen LogP) is 2.36. The largest absolute Gasteiger partial charge is 0.454 e. The van der Waals surface area contributed by atoms with E-state index in [4.69, 9.17) is 21.4 Å². The van der Waals surface area contributed by atoms with E-state index < -0.39 is 0 Å². The van der Waals surface area contributed by atoms with Crippen molar-refractivity contribution in [2.24, 2.45) is 7.05 Å². The first-order valence-corrected chi connectivity index (χ1v) is 5.12. The molecule has 0 spiro atoms. The number of hydrogen-bond acceptors (Lipinski definition) is 3. The minimum absolute atomic E-state index is 0.115. The molecule has 0 bridgehead atoms. The fourth-order valence-corrected chi connectivity index (χ4v) is 1.54. The van der Waals surface area contributed by atoms with E-state index in [1.54, 1.807) is 35.3 Å². The molecule has 2 aromatic rings. The van der Waals surface area contributed by atoms with Crippen LogP contribution in [0.4, 0.5) is 0 Å². The van der Waals surface area contributed by atoms with Gasteiger partial charge in [-0.3, -0.25) is 4.68 Å². The highest BCUT2D eigenvalue weighted by Gasteiger charge is 2.06. The zero-order valence-electron chi connectivity index (χ0n) is 8.72. The molecule has 0 aliphatic rings. The Morgan fingerprint density at radius 3 is 2.94 bits per heavy atom. The molecule has 0 aliphatic carbocycles. The van der Waals surface area contributed by atoms with Crippen LogP contribution in [-0.4, -0.2) is 14.9 Å². The minimum atomic E-state index is -0.115. The summed E-state index contributed by atoms with van der Waals surface area (Å²) in [7, 11) is 1.81. The van der Waals surface area contributed by atoms with Gasteiger partial charge in [-0.15, -0.1) is 0 Å². The van der Waals surface area contributed by atoms with Gasteiger partial charge >= 0.3 is 0 Å². The summed E-state index contributed by atoms with van der Waals surface area (Å²) in [5.41, 5.74) is 0.649. The third-order valence-corrected chi connectivity index (χ3v) is 2.34. The fourth-order valence-electron chi connectivity index (χ4n) is 1.35. The molecule has 1 aromatic heterocycles. The summed E-state index contributed by atoms with van der Waals surface area (Å²) in [6.07, 6.45) is 3.35. The summed E-state index contributed by atoms with van der Waals surface area (Å²) in [5, 5.41) is 13.7. The van der Waals surface area contributed by atoms with E-state index in [0.29, 0.717) is 22.1 Å². The SMILES string of the molecule is Cn1cc(Oc2ccc(Cl)cc2CO)cn1. The van der Waals surface area contributed by atoms with Crippen LogP contribution >= 0.6 is 11.6 Å². The van der Waals surface area contributed by atoms with Crippen LogP contribution in [0.3, 0.4) is 0 Å². The molecule has 84 valence electrons. The maximum absolute atomic E-state index is 9.17. The van der Waals surface area contributed by atoms with Crippen molar-refractivity contribution in [3.05, 3.63) is 41.2 Å². The van der Waals surface area contributed by atoms with Crippen molar-refractivity contribution in [3.8, 4) is 11.5 Å². The highest BCUT2D eigenvalue weighted by molar-refractivity contribution is 6.30. The van der Waals surface area contributed by atoms with Crippen molar-refractivity contribution >= 4 is 11.6 Å². The van der Waals surface area contributed by atoms with E-state index in [0.717, 1.165) is 0 Å². The molecule has 0 atom stereocenters. The lowest BCUT2D eigenvalue weighted by atomic mass is 10.2. The Balaban J connectivity index is 2.27. The average molecular weight is 239 g/mol. The standard InChI is InChI=1S/C11H11ClN2O2/c1-14-6-10(5-13-14)16-11-3-2-9(12)4-8(11)7-15/h2-6,15H,7H2,1H3. The zero-order chi connectivity index (χ0) is 11.5. The lowest BCUT2D eigenvalue weighted by Gasteiger charge is -2.07. The van der Waals surface area contributed by atoms with Gasteiger partial charge in [-0.1, -0.05) is 11.6 Å². The van der Waals surface area contributed by atoms with Crippen LogP contribution in [0.25, 0.3) is 0 Å². The Kier molecular flexibility index (Phi) is 3.12. The van der Waals surface area contributed by atoms with Crippen LogP contribution in [-0.2, 0) is 13.7 Å². The molecule has 0 unspecified atom stereocenters. The quantitative estimate of drug-likeness (QED) is 0.893. The lowest BCUT2D eigenvalue weighted by molar-refractivity contribution is 0.276. The third-order valence-electron chi connectivity index (χ3n) is 2.10. The molecule has 0 fully saturated rings. The number of benzene rings is 1. The zero-order valence-corrected chi connectivity index (χ0v) is 9.48. The van der Waals surface area contributed by atoms with Gasteiger partial charge < -0.3 is 9.84 Å². The number of halogens is 1. The van der Waals surface area contributed by atoms with Gasteiger partial charge in [0.05, 0.1) is 19.0 Å². The van der Waals surface area contributed by atoms with E-state index in [9.17, 15) is 0 Å². The topological polar surface area (TPSA) is 47.3 Å². The number of aliphatic hydroxyl groups excluding tert-OH is 1. The van der Waals surface area contributed by atoms with Crippen LogP contribution in [0.2, 0.25) is 5.02 Å². The predicted molar refractivity (Wildman–Crippen MR) is 60.7 cm³/mol. The van der Waals surface area contributed by atoms with E-state index in [-0.39, 0.29) is 6.61 Å². The number of ether oxygens (including phenoxy) is 1. The Morgan fingerprint density at radius 1 is 1.50 bits per heavy atom. The molecule has 0 aliphatic heterocycles. The van der Waals surface area contributed by atoms with Crippen LogP contribution in [0.1, 0.15) is 5.56 Å². The number of hydrogen-bond donors (Lipinski definition) is 1. The summed E-state index contributed by atoms with van der Waals surface area (Å²) in [6.45, 7) is -0.115. The van der Waals surface area contributed by atoms with Crippen LogP contribution in [0.15, 0.2) is 30.6 Å². The summed E-state index contributed by atoms with van der Waals surface area (Å²) in [4.78, 5) is 0. The number of aromatic nitrogens is 2. The van der Waals surface area contributed by atoms with E-state index >= 15 is 0 Å². The summed E-state index contributed by atoms with van der Waals surface area (Å²) in [6, 6.07) is 5.11. The monoisotopic (exact) mass is 238 g/mol. The normalized spacial score (nSPS) is 10.4. The molecule has 1 N–H and O–H groups in total. The van der Waals surface area contributed by atoms with Crippen LogP contribution in [0.5, 0.6) is 11.5 Å². The second-order valence-electron chi connectivity index (χ2n) is 3.36. The molecule has 0 radical (unpaired) electrons. The first kappa shape index (κ1) is 11.0. The molecule has 4 nitrogen and oxygen atoms in total. The van der Waals surface area contributed by atoms with Crippen LogP contribution in [0, 0.1) is 0 Å². The molecule has 5 heteroatoms. The van der Waals surface area contributed by atoms with Crippen LogP contribution < -0.4 is 4.74 Å². The molecular weight excluding hydrogens is 228 g/mol. The third kappa shape index (κ3) is 2.35. The molecule has 1 aromatic carbocycles. The number of nitrogens with zero attached hydrogens (tertiary/aromatic N) is 2. The second kappa shape index (κ2) is 4.55. The first-order valence-electron chi connectivity index (χ1n) is 4.75. The van der Waals surface area contributed by atoms with Gasteiger partial charge in [-0.25, -0.2) is 0 Å². The summed E-state index contributed by atoms with van der Waals surface area (Å²) >= 11 is 5.82. The van der Waals surface area contributed by atoms with Crippen molar-refractivity contribution in [2.75, 3.05) is 0 Å². The Morgan fingerprint density at radius 2 is 2.31 bits per heavy atom. The number of aryl methyl sites for hydroxylation is 1. The maximum Gasteiger partial charge on any atom is 0.165 e. The lowest BCUT2D eigenvalue weighted by Crippen LogP contribution is -1.91. The van der Waals surface area contributed by atoms with Crippen molar-refractivity contribution in [3.63, 3.8) is 0 Å². The Bertz CT molecular complexity index is 496. The smallest absolute Gasteiger partial charge is 0.165 e. The molecule has 0 saturated heterocycles.